The van der Waals surface area contributed by atoms with Crippen LogP contribution in [0.5, 0.6) is 23.0 Å². The molecular weight excluding hydrogens is 474 g/mol. The van der Waals surface area contributed by atoms with Gasteiger partial charge in [-0.05, 0) is 79.1 Å². The highest BCUT2D eigenvalue weighted by Gasteiger charge is 2.33. The lowest BCUT2D eigenvalue weighted by Gasteiger charge is -2.37. The number of carbonyl (C=O) groups is 2. The van der Waals surface area contributed by atoms with Gasteiger partial charge in [0, 0.05) is 12.1 Å². The Morgan fingerprint density at radius 3 is 2.27 bits per heavy atom. The largest absolute Gasteiger partial charge is 0.497 e. The normalized spacial score (nSPS) is 14.4. The Kier molecular flexibility index (Phi) is 8.18. The molecule has 0 unspecified atom stereocenters. The molecule has 0 saturated heterocycles. The zero-order valence-electron chi connectivity index (χ0n) is 21.5. The minimum Gasteiger partial charge on any atom is -0.497 e. The predicted octanol–water partition coefficient (Wildman–Crippen LogP) is 4.71. The molecule has 1 aliphatic heterocycles. The minimum absolute atomic E-state index is 0.120. The highest BCUT2D eigenvalue weighted by atomic mass is 16.5. The summed E-state index contributed by atoms with van der Waals surface area (Å²) in [5.74, 6) is 1.92. The van der Waals surface area contributed by atoms with Crippen molar-refractivity contribution in [1.29, 1.82) is 0 Å². The first-order valence-electron chi connectivity index (χ1n) is 12.1. The van der Waals surface area contributed by atoms with Gasteiger partial charge < -0.3 is 28.6 Å². The number of hydrogen-bond donors (Lipinski definition) is 0. The maximum absolute atomic E-state index is 13.7. The Labute approximate surface area is 216 Å². The zero-order valence-corrected chi connectivity index (χ0v) is 21.5. The number of fused-ring (bicyclic) bond motifs is 1. The van der Waals surface area contributed by atoms with Crippen LogP contribution in [0.15, 0.2) is 60.7 Å². The van der Waals surface area contributed by atoms with Gasteiger partial charge in [0.15, 0.2) is 11.5 Å². The van der Waals surface area contributed by atoms with E-state index in [0.717, 1.165) is 11.1 Å². The van der Waals surface area contributed by atoms with Crippen molar-refractivity contribution < 1.29 is 33.3 Å². The molecule has 1 aliphatic rings. The predicted molar refractivity (Wildman–Crippen MR) is 138 cm³/mol. The van der Waals surface area contributed by atoms with Crippen LogP contribution in [0.2, 0.25) is 0 Å². The van der Waals surface area contributed by atoms with E-state index in [1.807, 2.05) is 17.0 Å². The van der Waals surface area contributed by atoms with Crippen molar-refractivity contribution in [2.45, 2.75) is 19.4 Å². The first kappa shape index (κ1) is 25.9. The van der Waals surface area contributed by atoms with Crippen molar-refractivity contribution in [3.63, 3.8) is 0 Å². The van der Waals surface area contributed by atoms with E-state index >= 15 is 0 Å². The quantitative estimate of drug-likeness (QED) is 0.390. The van der Waals surface area contributed by atoms with E-state index in [0.29, 0.717) is 53.7 Å². The van der Waals surface area contributed by atoms with Gasteiger partial charge in [-0.25, -0.2) is 4.79 Å². The summed E-state index contributed by atoms with van der Waals surface area (Å²) in [4.78, 5) is 27.5. The summed E-state index contributed by atoms with van der Waals surface area (Å²) in [5.41, 5.74) is 2.98. The van der Waals surface area contributed by atoms with Crippen molar-refractivity contribution in [2.24, 2.45) is 0 Å². The van der Waals surface area contributed by atoms with Gasteiger partial charge >= 0.3 is 5.97 Å². The van der Waals surface area contributed by atoms with Crippen LogP contribution in [0.1, 0.15) is 44.8 Å². The van der Waals surface area contributed by atoms with E-state index in [9.17, 15) is 9.59 Å². The summed E-state index contributed by atoms with van der Waals surface area (Å²) < 4.78 is 27.6. The van der Waals surface area contributed by atoms with Gasteiger partial charge in [-0.1, -0.05) is 6.07 Å². The molecule has 4 rings (SSSR count). The highest BCUT2D eigenvalue weighted by molar-refractivity contribution is 5.95. The van der Waals surface area contributed by atoms with Gasteiger partial charge in [0.05, 0.1) is 39.5 Å². The number of nitrogens with zero attached hydrogens (tertiary/aromatic N) is 1. The summed E-state index contributed by atoms with van der Waals surface area (Å²) in [6.07, 6.45) is 0.663. The number of esters is 1. The van der Waals surface area contributed by atoms with Crippen molar-refractivity contribution >= 4 is 11.9 Å². The average molecular weight is 506 g/mol. The number of ether oxygens (including phenoxy) is 5. The molecule has 1 heterocycles. The molecule has 3 aromatic rings. The van der Waals surface area contributed by atoms with Crippen LogP contribution in [0.3, 0.4) is 0 Å². The Morgan fingerprint density at radius 1 is 0.865 bits per heavy atom. The number of carbonyl (C=O) groups excluding carboxylic acids is 2. The van der Waals surface area contributed by atoms with Gasteiger partial charge in [-0.2, -0.15) is 0 Å². The second-order valence-corrected chi connectivity index (χ2v) is 8.46. The fourth-order valence-electron chi connectivity index (χ4n) is 4.45. The number of rotatable bonds is 9. The first-order valence-corrected chi connectivity index (χ1v) is 12.1. The maximum Gasteiger partial charge on any atom is 0.338 e. The van der Waals surface area contributed by atoms with Crippen LogP contribution in [-0.4, -0.2) is 57.9 Å². The molecule has 0 radical (unpaired) electrons. The topological polar surface area (TPSA) is 83.5 Å². The van der Waals surface area contributed by atoms with Gasteiger partial charge in [-0.15, -0.1) is 0 Å². The van der Waals surface area contributed by atoms with Crippen molar-refractivity contribution in [3.05, 3.63) is 82.9 Å². The van der Waals surface area contributed by atoms with E-state index in [-0.39, 0.29) is 24.5 Å². The SMILES string of the molecule is CCOC(=O)c1ccc(OC[C@@H]2c3cc(OC)c(OC)cc3CCN2C(=O)c2cccc(OC)c2)cc1. The Bertz CT molecular complexity index is 1260. The molecule has 8 nitrogen and oxygen atoms in total. The molecule has 0 saturated carbocycles. The van der Waals surface area contributed by atoms with Gasteiger partial charge in [-0.3, -0.25) is 4.79 Å². The van der Waals surface area contributed by atoms with Crippen LogP contribution < -0.4 is 18.9 Å². The second kappa shape index (κ2) is 11.7. The van der Waals surface area contributed by atoms with Crippen molar-refractivity contribution in [1.82, 2.24) is 4.90 Å². The minimum atomic E-state index is -0.383. The molecule has 1 amide bonds. The van der Waals surface area contributed by atoms with E-state index < -0.39 is 0 Å². The maximum atomic E-state index is 13.7. The zero-order chi connectivity index (χ0) is 26.4. The third kappa shape index (κ3) is 5.63. The summed E-state index contributed by atoms with van der Waals surface area (Å²) in [6.45, 7) is 2.79. The lowest BCUT2D eigenvalue weighted by atomic mass is 9.91. The van der Waals surface area contributed by atoms with Crippen LogP contribution in [0.4, 0.5) is 0 Å². The van der Waals surface area contributed by atoms with Gasteiger partial charge in [0.1, 0.15) is 18.1 Å². The second-order valence-electron chi connectivity index (χ2n) is 8.46. The third-order valence-corrected chi connectivity index (χ3v) is 6.35. The molecule has 0 bridgehead atoms. The highest BCUT2D eigenvalue weighted by Crippen LogP contribution is 2.39. The first-order chi connectivity index (χ1) is 18.0. The molecule has 1 atom stereocenters. The van der Waals surface area contributed by atoms with Gasteiger partial charge in [0.2, 0.25) is 0 Å². The van der Waals surface area contributed by atoms with E-state index in [4.69, 9.17) is 23.7 Å². The molecule has 0 fully saturated rings. The monoisotopic (exact) mass is 505 g/mol. The van der Waals surface area contributed by atoms with E-state index in [1.54, 1.807) is 76.8 Å². The van der Waals surface area contributed by atoms with Crippen molar-refractivity contribution in [3.8, 4) is 23.0 Å². The molecule has 8 heteroatoms. The molecule has 0 aliphatic carbocycles. The number of methoxy groups -OCH3 is 3. The van der Waals surface area contributed by atoms with Crippen LogP contribution in [0, 0.1) is 0 Å². The van der Waals surface area contributed by atoms with Crippen LogP contribution >= 0.6 is 0 Å². The van der Waals surface area contributed by atoms with Gasteiger partial charge in [0.25, 0.3) is 5.91 Å². The summed E-state index contributed by atoms with van der Waals surface area (Å²) in [5, 5.41) is 0. The summed E-state index contributed by atoms with van der Waals surface area (Å²) >= 11 is 0. The Hall–Kier alpha value is -4.20. The fourth-order valence-corrected chi connectivity index (χ4v) is 4.45. The lowest BCUT2D eigenvalue weighted by Crippen LogP contribution is -2.42. The molecular formula is C29H31NO7. The molecule has 0 aromatic heterocycles. The van der Waals surface area contributed by atoms with Crippen LogP contribution in [-0.2, 0) is 11.2 Å². The smallest absolute Gasteiger partial charge is 0.338 e. The van der Waals surface area contributed by atoms with Crippen LogP contribution in [0.25, 0.3) is 0 Å². The summed E-state index contributed by atoms with van der Waals surface area (Å²) in [6, 6.07) is 17.4. The average Bonchev–Trinajstić information content (AvgIpc) is 2.95. The Balaban J connectivity index is 1.65. The summed E-state index contributed by atoms with van der Waals surface area (Å²) in [7, 11) is 4.76. The molecule has 194 valence electrons. The third-order valence-electron chi connectivity index (χ3n) is 6.35. The van der Waals surface area contributed by atoms with E-state index in [2.05, 4.69) is 0 Å². The Morgan fingerprint density at radius 2 is 1.59 bits per heavy atom. The number of benzene rings is 3. The molecule has 37 heavy (non-hydrogen) atoms. The molecule has 0 spiro atoms. The number of amides is 1. The lowest BCUT2D eigenvalue weighted by molar-refractivity contribution is 0.0524. The molecule has 3 aromatic carbocycles. The fraction of sp³-hybridized carbons (Fsp3) is 0.310. The number of hydrogen-bond acceptors (Lipinski definition) is 7. The molecule has 0 N–H and O–H groups in total. The van der Waals surface area contributed by atoms with E-state index in [1.165, 1.54) is 0 Å². The standard InChI is InChI=1S/C29H31NO7/c1-5-36-29(32)19-9-11-22(12-10-19)37-18-25-24-17-27(35-4)26(34-3)16-20(24)13-14-30(25)28(31)21-7-6-8-23(15-21)33-2/h6-12,15-17,25H,5,13-14,18H2,1-4H3/t25-/m1/s1. The van der Waals surface area contributed by atoms with Crippen molar-refractivity contribution in [2.75, 3.05) is 41.1 Å².